The van der Waals surface area contributed by atoms with Crippen LogP contribution in [-0.2, 0) is 11.4 Å². The summed E-state index contributed by atoms with van der Waals surface area (Å²) in [7, 11) is 0. The Kier molecular flexibility index (Phi) is 7.29. The molecule has 1 aliphatic carbocycles. The lowest BCUT2D eigenvalue weighted by Gasteiger charge is -2.26. The Labute approximate surface area is 155 Å². The Hall–Kier alpha value is -2.04. The third-order valence-electron chi connectivity index (χ3n) is 4.50. The topological polar surface area (TPSA) is 64.4 Å². The van der Waals surface area contributed by atoms with Crippen molar-refractivity contribution in [3.63, 3.8) is 0 Å². The summed E-state index contributed by atoms with van der Waals surface area (Å²) >= 11 is 0. The van der Waals surface area contributed by atoms with Crippen LogP contribution in [0.2, 0.25) is 0 Å². The summed E-state index contributed by atoms with van der Waals surface area (Å²) in [4.78, 5) is 12.5. The van der Waals surface area contributed by atoms with Gasteiger partial charge in [-0.1, -0.05) is 42.8 Å². The zero-order valence-electron chi connectivity index (χ0n) is 14.2. The molecule has 0 radical (unpaired) electrons. The van der Waals surface area contributed by atoms with Crippen molar-refractivity contribution >= 4 is 24.0 Å². The van der Waals surface area contributed by atoms with Crippen LogP contribution in [0.3, 0.4) is 0 Å². The summed E-state index contributed by atoms with van der Waals surface area (Å²) in [6.07, 6.45) is 3.74. The summed E-state index contributed by atoms with van der Waals surface area (Å²) in [5.41, 5.74) is 7.78. The molecule has 1 fully saturated rings. The van der Waals surface area contributed by atoms with E-state index in [0.29, 0.717) is 6.61 Å². The van der Waals surface area contributed by atoms with E-state index < -0.39 is 0 Å². The first-order valence-electron chi connectivity index (χ1n) is 8.54. The number of carbonyl (C=O) groups excluding carboxylic acids is 1. The first-order valence-corrected chi connectivity index (χ1v) is 8.54. The van der Waals surface area contributed by atoms with E-state index in [4.69, 9.17) is 10.5 Å². The SMILES string of the molecule is Cl.NC1CCCC(C(=O)Nc2ccccc2COc2ccccc2)C1. The fraction of sp³-hybridized carbons (Fsp3) is 0.350. The maximum atomic E-state index is 12.5. The summed E-state index contributed by atoms with van der Waals surface area (Å²) in [6, 6.07) is 17.6. The summed E-state index contributed by atoms with van der Waals surface area (Å²) in [6.45, 7) is 0.421. The molecule has 3 N–H and O–H groups in total. The molecule has 0 heterocycles. The zero-order chi connectivity index (χ0) is 16.8. The van der Waals surface area contributed by atoms with Crippen molar-refractivity contribution in [3.05, 3.63) is 60.2 Å². The molecule has 0 saturated heterocycles. The second-order valence-corrected chi connectivity index (χ2v) is 6.37. The van der Waals surface area contributed by atoms with Gasteiger partial charge in [-0.3, -0.25) is 4.79 Å². The van der Waals surface area contributed by atoms with Crippen LogP contribution in [-0.4, -0.2) is 11.9 Å². The third-order valence-corrected chi connectivity index (χ3v) is 4.50. The van der Waals surface area contributed by atoms with Crippen LogP contribution in [0.5, 0.6) is 5.75 Å². The molecule has 0 aromatic heterocycles. The van der Waals surface area contributed by atoms with Gasteiger partial charge in [-0.05, 0) is 37.5 Å². The maximum absolute atomic E-state index is 12.5. The number of hydrogen-bond donors (Lipinski definition) is 2. The summed E-state index contributed by atoms with van der Waals surface area (Å²) in [5, 5.41) is 3.06. The van der Waals surface area contributed by atoms with Gasteiger partial charge in [0.25, 0.3) is 0 Å². The van der Waals surface area contributed by atoms with Gasteiger partial charge >= 0.3 is 0 Å². The van der Waals surface area contributed by atoms with Gasteiger partial charge in [0.1, 0.15) is 12.4 Å². The number of nitrogens with two attached hydrogens (primary N) is 1. The number of halogens is 1. The van der Waals surface area contributed by atoms with Gasteiger partial charge in [-0.25, -0.2) is 0 Å². The summed E-state index contributed by atoms with van der Waals surface area (Å²) in [5.74, 6) is 0.894. The van der Waals surface area contributed by atoms with Crippen LogP contribution in [0.1, 0.15) is 31.2 Å². The molecule has 2 aromatic carbocycles. The van der Waals surface area contributed by atoms with Gasteiger partial charge in [-0.15, -0.1) is 12.4 Å². The number of nitrogens with one attached hydrogen (secondary N) is 1. The zero-order valence-corrected chi connectivity index (χ0v) is 15.0. The fourth-order valence-electron chi connectivity index (χ4n) is 3.15. The lowest BCUT2D eigenvalue weighted by molar-refractivity contribution is -0.120. The van der Waals surface area contributed by atoms with E-state index in [1.54, 1.807) is 0 Å². The van der Waals surface area contributed by atoms with E-state index in [9.17, 15) is 4.79 Å². The molecule has 3 rings (SSSR count). The third kappa shape index (κ3) is 5.48. The Balaban J connectivity index is 0.00000225. The largest absolute Gasteiger partial charge is 0.489 e. The van der Waals surface area contributed by atoms with Crippen LogP contribution in [0.15, 0.2) is 54.6 Å². The second-order valence-electron chi connectivity index (χ2n) is 6.37. The van der Waals surface area contributed by atoms with Crippen LogP contribution in [0, 0.1) is 5.92 Å². The Morgan fingerprint density at radius 1 is 1.08 bits per heavy atom. The van der Waals surface area contributed by atoms with Crippen molar-refractivity contribution in [3.8, 4) is 5.75 Å². The normalized spacial score (nSPS) is 19.6. The van der Waals surface area contributed by atoms with E-state index in [-0.39, 0.29) is 30.3 Å². The number of rotatable bonds is 5. The van der Waals surface area contributed by atoms with Crippen molar-refractivity contribution < 1.29 is 9.53 Å². The molecule has 2 unspecified atom stereocenters. The predicted octanol–water partition coefficient (Wildman–Crippen LogP) is 4.14. The lowest BCUT2D eigenvalue weighted by atomic mass is 9.85. The average Bonchev–Trinajstić information content (AvgIpc) is 2.62. The van der Waals surface area contributed by atoms with Crippen molar-refractivity contribution in [2.75, 3.05) is 5.32 Å². The molecule has 25 heavy (non-hydrogen) atoms. The minimum absolute atomic E-state index is 0. The Bertz CT molecular complexity index is 678. The van der Waals surface area contributed by atoms with E-state index in [0.717, 1.165) is 42.7 Å². The number of hydrogen-bond acceptors (Lipinski definition) is 3. The van der Waals surface area contributed by atoms with Crippen molar-refractivity contribution in [1.29, 1.82) is 0 Å². The van der Waals surface area contributed by atoms with Gasteiger partial charge in [-0.2, -0.15) is 0 Å². The number of para-hydroxylation sites is 2. The highest BCUT2D eigenvalue weighted by Gasteiger charge is 2.25. The average molecular weight is 361 g/mol. The second kappa shape index (κ2) is 9.44. The lowest BCUT2D eigenvalue weighted by Crippen LogP contribution is -2.34. The van der Waals surface area contributed by atoms with Crippen LogP contribution in [0.4, 0.5) is 5.69 Å². The molecular weight excluding hydrogens is 336 g/mol. The van der Waals surface area contributed by atoms with Crippen molar-refractivity contribution in [2.24, 2.45) is 11.7 Å². The van der Waals surface area contributed by atoms with Gasteiger partial charge in [0.05, 0.1) is 0 Å². The smallest absolute Gasteiger partial charge is 0.227 e. The van der Waals surface area contributed by atoms with Crippen LogP contribution >= 0.6 is 12.4 Å². The predicted molar refractivity (Wildman–Crippen MR) is 103 cm³/mol. The van der Waals surface area contributed by atoms with E-state index in [1.807, 2.05) is 54.6 Å². The Morgan fingerprint density at radius 2 is 1.80 bits per heavy atom. The molecule has 1 aliphatic rings. The molecule has 2 aromatic rings. The fourth-order valence-corrected chi connectivity index (χ4v) is 3.15. The number of ether oxygens (including phenoxy) is 1. The van der Waals surface area contributed by atoms with E-state index in [1.165, 1.54) is 0 Å². The molecule has 5 heteroatoms. The highest BCUT2D eigenvalue weighted by atomic mass is 35.5. The number of amides is 1. The number of carbonyl (C=O) groups is 1. The molecule has 0 aliphatic heterocycles. The highest BCUT2D eigenvalue weighted by Crippen LogP contribution is 2.26. The van der Waals surface area contributed by atoms with Gasteiger partial charge < -0.3 is 15.8 Å². The number of benzene rings is 2. The molecule has 2 atom stereocenters. The molecule has 0 bridgehead atoms. The highest BCUT2D eigenvalue weighted by molar-refractivity contribution is 5.93. The Morgan fingerprint density at radius 3 is 2.56 bits per heavy atom. The quantitative estimate of drug-likeness (QED) is 0.842. The first-order chi connectivity index (χ1) is 11.7. The first kappa shape index (κ1) is 19.3. The molecule has 4 nitrogen and oxygen atoms in total. The standard InChI is InChI=1S/C20H24N2O2.ClH/c21-17-9-6-8-15(13-17)20(23)22-19-12-5-4-7-16(19)14-24-18-10-2-1-3-11-18;/h1-5,7,10-12,15,17H,6,8-9,13-14,21H2,(H,22,23);1H. The minimum Gasteiger partial charge on any atom is -0.489 e. The monoisotopic (exact) mass is 360 g/mol. The molecule has 1 saturated carbocycles. The van der Waals surface area contributed by atoms with E-state index in [2.05, 4.69) is 5.32 Å². The minimum atomic E-state index is 0. The van der Waals surface area contributed by atoms with E-state index >= 15 is 0 Å². The van der Waals surface area contributed by atoms with Crippen LogP contribution < -0.4 is 15.8 Å². The molecule has 0 spiro atoms. The van der Waals surface area contributed by atoms with Crippen LogP contribution in [0.25, 0.3) is 0 Å². The van der Waals surface area contributed by atoms with Crippen molar-refractivity contribution in [1.82, 2.24) is 0 Å². The number of anilines is 1. The van der Waals surface area contributed by atoms with Gasteiger partial charge in [0, 0.05) is 23.2 Å². The maximum Gasteiger partial charge on any atom is 0.227 e. The molecule has 134 valence electrons. The van der Waals surface area contributed by atoms with Gasteiger partial charge in [0.2, 0.25) is 5.91 Å². The molecule has 1 amide bonds. The van der Waals surface area contributed by atoms with Crippen molar-refractivity contribution in [2.45, 2.75) is 38.3 Å². The van der Waals surface area contributed by atoms with Gasteiger partial charge in [0.15, 0.2) is 0 Å². The molecular formula is C20H25ClN2O2. The summed E-state index contributed by atoms with van der Waals surface area (Å²) < 4.78 is 5.81.